The largest absolute Gasteiger partial charge is 0.336 e. The first kappa shape index (κ1) is 19.9. The van der Waals surface area contributed by atoms with Crippen LogP contribution < -0.4 is 5.32 Å². The summed E-state index contributed by atoms with van der Waals surface area (Å²) in [5.74, 6) is -0.505. The van der Waals surface area contributed by atoms with Crippen LogP contribution in [-0.2, 0) is 9.84 Å². The number of carbonyl (C=O) groups excluding carboxylic acids is 1. The lowest BCUT2D eigenvalue weighted by Gasteiger charge is -2.23. The van der Waals surface area contributed by atoms with Gasteiger partial charge < -0.3 is 10.2 Å². The number of nitrogens with zero attached hydrogens (tertiary/aromatic N) is 1. The Kier molecular flexibility index (Phi) is 6.74. The van der Waals surface area contributed by atoms with Crippen LogP contribution in [0.2, 0.25) is 0 Å². The molecule has 1 unspecified atom stereocenters. The van der Waals surface area contributed by atoms with Crippen LogP contribution in [0.3, 0.4) is 0 Å². The maximum atomic E-state index is 13.2. The van der Waals surface area contributed by atoms with Crippen molar-refractivity contribution < 1.29 is 17.6 Å². The third kappa shape index (κ3) is 4.60. The van der Waals surface area contributed by atoms with Crippen molar-refractivity contribution in [3.63, 3.8) is 0 Å². The quantitative estimate of drug-likeness (QED) is 0.751. The molecule has 2 amide bonds. The molecule has 1 N–H and O–H groups in total. The fraction of sp³-hybridized carbons (Fsp3) is 0.316. The van der Waals surface area contributed by atoms with Gasteiger partial charge in [0, 0.05) is 19.6 Å². The third-order valence-corrected chi connectivity index (χ3v) is 6.29. The van der Waals surface area contributed by atoms with Gasteiger partial charge in [-0.15, -0.1) is 0 Å². The summed E-state index contributed by atoms with van der Waals surface area (Å²) < 4.78 is 39.3. The van der Waals surface area contributed by atoms with Crippen molar-refractivity contribution in [2.75, 3.05) is 19.6 Å². The number of amides is 2. The number of halogens is 1. The fourth-order valence-electron chi connectivity index (χ4n) is 2.67. The van der Waals surface area contributed by atoms with E-state index in [-0.39, 0.29) is 17.5 Å². The van der Waals surface area contributed by atoms with Crippen LogP contribution in [0.5, 0.6) is 0 Å². The lowest BCUT2D eigenvalue weighted by atomic mass is 10.1. The first-order chi connectivity index (χ1) is 12.4. The molecule has 5 nitrogen and oxygen atoms in total. The normalized spacial score (nSPS) is 12.4. The van der Waals surface area contributed by atoms with Crippen LogP contribution in [0.1, 0.15) is 24.7 Å². The molecule has 1 atom stereocenters. The fourth-order valence-corrected chi connectivity index (χ4v) is 4.33. The Bertz CT molecular complexity index is 820. The Labute approximate surface area is 153 Å². The van der Waals surface area contributed by atoms with Gasteiger partial charge in [0.25, 0.3) is 0 Å². The van der Waals surface area contributed by atoms with Crippen LogP contribution in [0.25, 0.3) is 0 Å². The highest BCUT2D eigenvalue weighted by Gasteiger charge is 2.30. The molecular formula is C19H23FN2O3S. The zero-order valence-electron chi connectivity index (χ0n) is 14.9. The molecular weight excluding hydrogens is 355 g/mol. The van der Waals surface area contributed by atoms with Crippen LogP contribution in [0, 0.1) is 5.82 Å². The van der Waals surface area contributed by atoms with Crippen molar-refractivity contribution in [2.24, 2.45) is 0 Å². The van der Waals surface area contributed by atoms with E-state index in [4.69, 9.17) is 0 Å². The summed E-state index contributed by atoms with van der Waals surface area (Å²) in [4.78, 5) is 13.8. The van der Waals surface area contributed by atoms with E-state index >= 15 is 0 Å². The second-order valence-corrected chi connectivity index (χ2v) is 7.89. The zero-order valence-corrected chi connectivity index (χ0v) is 15.7. The number of benzene rings is 2. The van der Waals surface area contributed by atoms with Crippen LogP contribution in [0.4, 0.5) is 9.18 Å². The lowest BCUT2D eigenvalue weighted by Crippen LogP contribution is -2.42. The summed E-state index contributed by atoms with van der Waals surface area (Å²) in [6, 6.07) is 13.1. The topological polar surface area (TPSA) is 66.5 Å². The zero-order chi connectivity index (χ0) is 19.2. The molecule has 0 radical (unpaired) electrons. The molecule has 2 aromatic rings. The Hall–Kier alpha value is -2.41. The molecule has 0 spiro atoms. The van der Waals surface area contributed by atoms with Crippen LogP contribution >= 0.6 is 0 Å². The first-order valence-electron chi connectivity index (χ1n) is 8.47. The van der Waals surface area contributed by atoms with E-state index in [0.717, 1.165) is 12.1 Å². The molecule has 2 aromatic carbocycles. The van der Waals surface area contributed by atoms with E-state index < -0.39 is 20.9 Å². The van der Waals surface area contributed by atoms with E-state index in [1.807, 2.05) is 13.8 Å². The third-order valence-electron chi connectivity index (χ3n) is 4.18. The summed E-state index contributed by atoms with van der Waals surface area (Å²) in [6.45, 7) is 4.70. The Balaban J connectivity index is 2.33. The first-order valence-corrected chi connectivity index (χ1v) is 10.0. The standard InChI is InChI=1S/C19H23FN2O3S/c1-3-22(4-2)19(23)21-14-18(15-8-6-5-7-9-15)26(24,25)17-12-10-16(20)11-13-17/h5-13,18H,3-4,14H2,1-2H3,(H,21,23). The molecule has 26 heavy (non-hydrogen) atoms. The second-order valence-electron chi connectivity index (χ2n) is 5.76. The minimum atomic E-state index is -3.81. The maximum Gasteiger partial charge on any atom is 0.317 e. The van der Waals surface area contributed by atoms with Gasteiger partial charge >= 0.3 is 6.03 Å². The van der Waals surface area contributed by atoms with E-state index in [2.05, 4.69) is 5.32 Å². The predicted octanol–water partition coefficient (Wildman–Crippen LogP) is 3.39. The molecule has 0 aliphatic heterocycles. The van der Waals surface area contributed by atoms with E-state index in [1.54, 1.807) is 35.2 Å². The molecule has 7 heteroatoms. The number of carbonyl (C=O) groups is 1. The van der Waals surface area contributed by atoms with Gasteiger partial charge in [0.15, 0.2) is 9.84 Å². The molecule has 0 aromatic heterocycles. The van der Waals surface area contributed by atoms with E-state index in [1.165, 1.54) is 12.1 Å². The summed E-state index contributed by atoms with van der Waals surface area (Å²) in [6.07, 6.45) is 0. The van der Waals surface area contributed by atoms with E-state index in [0.29, 0.717) is 18.7 Å². The minimum absolute atomic E-state index is 0.0184. The van der Waals surface area contributed by atoms with Crippen LogP contribution in [-0.4, -0.2) is 39.0 Å². The summed E-state index contributed by atoms with van der Waals surface area (Å²) >= 11 is 0. The SMILES string of the molecule is CCN(CC)C(=O)NCC(c1ccccc1)S(=O)(=O)c1ccc(F)cc1. The number of hydrogen-bond acceptors (Lipinski definition) is 3. The molecule has 140 valence electrons. The highest BCUT2D eigenvalue weighted by atomic mass is 32.2. The second kappa shape index (κ2) is 8.80. The maximum absolute atomic E-state index is 13.2. The van der Waals surface area contributed by atoms with Crippen LogP contribution in [0.15, 0.2) is 59.5 Å². The summed E-state index contributed by atoms with van der Waals surface area (Å²) in [5, 5.41) is 1.74. The van der Waals surface area contributed by atoms with E-state index in [9.17, 15) is 17.6 Å². The molecule has 0 aliphatic rings. The summed E-state index contributed by atoms with van der Waals surface area (Å²) in [5.41, 5.74) is 0.566. The number of hydrogen-bond donors (Lipinski definition) is 1. The predicted molar refractivity (Wildman–Crippen MR) is 99.1 cm³/mol. The van der Waals surface area contributed by atoms with Gasteiger partial charge in [0.05, 0.1) is 4.90 Å². The van der Waals surface area contributed by atoms with Crippen molar-refractivity contribution in [2.45, 2.75) is 24.0 Å². The number of nitrogens with one attached hydrogen (secondary N) is 1. The molecule has 0 saturated heterocycles. The number of rotatable bonds is 7. The Morgan fingerprint density at radius 2 is 1.62 bits per heavy atom. The summed E-state index contributed by atoms with van der Waals surface area (Å²) in [7, 11) is -3.81. The average molecular weight is 378 g/mol. The molecule has 0 aliphatic carbocycles. The number of urea groups is 1. The highest BCUT2D eigenvalue weighted by molar-refractivity contribution is 7.91. The smallest absolute Gasteiger partial charge is 0.317 e. The Morgan fingerprint density at radius 3 is 2.15 bits per heavy atom. The van der Waals surface area contributed by atoms with Crippen molar-refractivity contribution in [1.29, 1.82) is 0 Å². The number of sulfone groups is 1. The van der Waals surface area contributed by atoms with Gasteiger partial charge in [-0.25, -0.2) is 17.6 Å². The Morgan fingerprint density at radius 1 is 1.04 bits per heavy atom. The van der Waals surface area contributed by atoms with Gasteiger partial charge in [-0.1, -0.05) is 30.3 Å². The highest BCUT2D eigenvalue weighted by Crippen LogP contribution is 2.28. The van der Waals surface area contributed by atoms with Crippen molar-refractivity contribution >= 4 is 15.9 Å². The van der Waals surface area contributed by atoms with Gasteiger partial charge in [-0.05, 0) is 43.7 Å². The monoisotopic (exact) mass is 378 g/mol. The van der Waals surface area contributed by atoms with Gasteiger partial charge in [0.1, 0.15) is 11.1 Å². The molecule has 0 bridgehead atoms. The van der Waals surface area contributed by atoms with Gasteiger partial charge in [0.2, 0.25) is 0 Å². The van der Waals surface area contributed by atoms with Crippen molar-refractivity contribution in [1.82, 2.24) is 10.2 Å². The lowest BCUT2D eigenvalue weighted by molar-refractivity contribution is 0.203. The molecule has 0 fully saturated rings. The molecule has 0 saturated carbocycles. The molecule has 2 rings (SSSR count). The van der Waals surface area contributed by atoms with Crippen molar-refractivity contribution in [3.8, 4) is 0 Å². The van der Waals surface area contributed by atoms with Crippen molar-refractivity contribution in [3.05, 3.63) is 66.0 Å². The minimum Gasteiger partial charge on any atom is -0.336 e. The van der Waals surface area contributed by atoms with Gasteiger partial charge in [-0.2, -0.15) is 0 Å². The average Bonchev–Trinajstić information content (AvgIpc) is 2.64. The van der Waals surface area contributed by atoms with Gasteiger partial charge in [-0.3, -0.25) is 0 Å². The molecule has 0 heterocycles.